The fraction of sp³-hybridized carbons (Fsp3) is 0.227. The van der Waals surface area contributed by atoms with Gasteiger partial charge in [0.2, 0.25) is 0 Å². The largest absolute Gasteiger partial charge is 0.461 e. The number of carbonyl (C=O) groups is 2. The number of aryl methyl sites for hydroxylation is 1. The first-order valence-corrected chi connectivity index (χ1v) is 9.36. The highest BCUT2D eigenvalue weighted by atomic mass is 19.1. The van der Waals surface area contributed by atoms with Crippen molar-refractivity contribution < 1.29 is 18.7 Å². The molecule has 3 rings (SSSR count). The fourth-order valence-corrected chi connectivity index (χ4v) is 2.73. The van der Waals surface area contributed by atoms with E-state index in [0.29, 0.717) is 5.69 Å². The summed E-state index contributed by atoms with van der Waals surface area (Å²) < 4.78 is 20.8. The number of nitrogens with one attached hydrogen (secondary N) is 1. The molecule has 3 aromatic rings. The Morgan fingerprint density at radius 3 is 2.69 bits per heavy atom. The normalized spacial score (nSPS) is 10.6. The van der Waals surface area contributed by atoms with Gasteiger partial charge in [0.05, 0.1) is 24.1 Å². The molecule has 150 valence electrons. The van der Waals surface area contributed by atoms with E-state index in [9.17, 15) is 14.0 Å². The Balaban J connectivity index is 1.53. The van der Waals surface area contributed by atoms with Gasteiger partial charge in [0.15, 0.2) is 0 Å². The third-order valence-corrected chi connectivity index (χ3v) is 4.30. The number of rotatable bonds is 8. The van der Waals surface area contributed by atoms with E-state index in [2.05, 4.69) is 10.3 Å². The van der Waals surface area contributed by atoms with Crippen molar-refractivity contribution in [1.82, 2.24) is 14.9 Å². The maximum atomic E-state index is 14.0. The summed E-state index contributed by atoms with van der Waals surface area (Å²) in [6.07, 6.45) is 4.16. The van der Waals surface area contributed by atoms with Crippen molar-refractivity contribution >= 4 is 11.9 Å². The van der Waals surface area contributed by atoms with Crippen molar-refractivity contribution in [3.63, 3.8) is 0 Å². The van der Waals surface area contributed by atoms with E-state index < -0.39 is 17.7 Å². The number of amides is 1. The minimum Gasteiger partial charge on any atom is -0.461 e. The Bertz CT molecular complexity index is 986. The topological polar surface area (TPSA) is 73.2 Å². The number of nitrogens with zero attached hydrogens (tertiary/aromatic N) is 2. The van der Waals surface area contributed by atoms with Crippen LogP contribution in [0, 0.1) is 5.82 Å². The smallest absolute Gasteiger partial charge is 0.307 e. The number of hydrogen-bond donors (Lipinski definition) is 1. The molecule has 0 saturated carbocycles. The van der Waals surface area contributed by atoms with E-state index in [-0.39, 0.29) is 25.1 Å². The molecule has 1 amide bonds. The molecule has 0 unspecified atom stereocenters. The molecule has 29 heavy (non-hydrogen) atoms. The van der Waals surface area contributed by atoms with Crippen LogP contribution in [0.3, 0.4) is 0 Å². The number of halogens is 1. The van der Waals surface area contributed by atoms with E-state index in [1.165, 1.54) is 6.07 Å². The summed E-state index contributed by atoms with van der Waals surface area (Å²) in [5.74, 6) is -1.40. The van der Waals surface area contributed by atoms with Gasteiger partial charge < -0.3 is 14.6 Å². The van der Waals surface area contributed by atoms with E-state index in [1.54, 1.807) is 23.2 Å². The second-order valence-electron chi connectivity index (χ2n) is 6.48. The number of imidazole rings is 1. The van der Waals surface area contributed by atoms with Crippen LogP contribution in [-0.4, -0.2) is 28.0 Å². The SMILES string of the molecule is CCc1cn(-c2cc(F)cc(C(=O)NCCC(=O)OCc3ccccc3)c2)cn1. The number of carbonyl (C=O) groups excluding carboxylic acids is 2. The standard InChI is InChI=1S/C22H22FN3O3/c1-2-19-13-26(15-25-19)20-11-17(10-18(23)12-20)22(28)24-9-8-21(27)29-14-16-6-4-3-5-7-16/h3-7,10-13,15H,2,8-9,14H2,1H3,(H,24,28). The van der Waals surface area contributed by atoms with Gasteiger partial charge in [0.25, 0.3) is 5.91 Å². The molecule has 6 nitrogen and oxygen atoms in total. The lowest BCUT2D eigenvalue weighted by Crippen LogP contribution is -2.26. The van der Waals surface area contributed by atoms with Crippen molar-refractivity contribution in [1.29, 1.82) is 0 Å². The predicted molar refractivity (Wildman–Crippen MR) is 106 cm³/mol. The van der Waals surface area contributed by atoms with Gasteiger partial charge in [-0.25, -0.2) is 9.37 Å². The molecule has 0 bridgehead atoms. The zero-order valence-corrected chi connectivity index (χ0v) is 16.1. The summed E-state index contributed by atoms with van der Waals surface area (Å²) in [5.41, 5.74) is 2.44. The van der Waals surface area contributed by atoms with E-state index in [4.69, 9.17) is 4.74 Å². The predicted octanol–water partition coefficient (Wildman–Crippen LogP) is 3.44. The lowest BCUT2D eigenvalue weighted by Gasteiger charge is -2.09. The quantitative estimate of drug-likeness (QED) is 0.593. The lowest BCUT2D eigenvalue weighted by atomic mass is 10.1. The molecule has 0 aliphatic rings. The van der Waals surface area contributed by atoms with Crippen molar-refractivity contribution in [2.75, 3.05) is 6.54 Å². The molecule has 0 fully saturated rings. The van der Waals surface area contributed by atoms with Crippen LogP contribution in [0.25, 0.3) is 5.69 Å². The second-order valence-corrected chi connectivity index (χ2v) is 6.48. The fourth-order valence-electron chi connectivity index (χ4n) is 2.73. The Morgan fingerprint density at radius 2 is 1.97 bits per heavy atom. The van der Waals surface area contributed by atoms with Crippen LogP contribution in [0.4, 0.5) is 4.39 Å². The monoisotopic (exact) mass is 395 g/mol. The molecule has 0 atom stereocenters. The first-order chi connectivity index (χ1) is 14.0. The zero-order valence-electron chi connectivity index (χ0n) is 16.1. The summed E-state index contributed by atoms with van der Waals surface area (Å²) in [7, 11) is 0. The summed E-state index contributed by atoms with van der Waals surface area (Å²) in [6, 6.07) is 13.4. The number of esters is 1. The van der Waals surface area contributed by atoms with Gasteiger partial charge in [-0.2, -0.15) is 0 Å². The van der Waals surface area contributed by atoms with Gasteiger partial charge in [-0.3, -0.25) is 9.59 Å². The van der Waals surface area contributed by atoms with Crippen LogP contribution in [0.15, 0.2) is 61.1 Å². The van der Waals surface area contributed by atoms with E-state index in [1.807, 2.05) is 37.3 Å². The molecule has 0 aliphatic carbocycles. The molecule has 0 aliphatic heterocycles. The Labute approximate surface area is 168 Å². The number of benzene rings is 2. The van der Waals surface area contributed by atoms with Crippen LogP contribution in [0.5, 0.6) is 0 Å². The number of ether oxygens (including phenoxy) is 1. The van der Waals surface area contributed by atoms with Crippen molar-refractivity contribution in [3.8, 4) is 5.69 Å². The average Bonchev–Trinajstić information content (AvgIpc) is 3.22. The zero-order chi connectivity index (χ0) is 20.6. The minimum atomic E-state index is -0.526. The summed E-state index contributed by atoms with van der Waals surface area (Å²) >= 11 is 0. The van der Waals surface area contributed by atoms with Crippen LogP contribution in [0.1, 0.15) is 35.0 Å². The van der Waals surface area contributed by atoms with Gasteiger partial charge in [-0.05, 0) is 30.2 Å². The Hall–Kier alpha value is -3.48. The molecular weight excluding hydrogens is 373 g/mol. The van der Waals surface area contributed by atoms with E-state index >= 15 is 0 Å². The van der Waals surface area contributed by atoms with Gasteiger partial charge in [0, 0.05) is 18.3 Å². The second kappa shape index (κ2) is 9.64. The van der Waals surface area contributed by atoms with Crippen molar-refractivity contribution in [3.05, 3.63) is 83.7 Å². The summed E-state index contributed by atoms with van der Waals surface area (Å²) in [6.45, 7) is 2.26. The first kappa shape index (κ1) is 20.3. The minimum absolute atomic E-state index is 0.0299. The first-order valence-electron chi connectivity index (χ1n) is 9.36. The average molecular weight is 395 g/mol. The highest BCUT2D eigenvalue weighted by molar-refractivity contribution is 5.95. The molecule has 1 heterocycles. The maximum absolute atomic E-state index is 14.0. The third kappa shape index (κ3) is 5.75. The molecular formula is C22H22FN3O3. The van der Waals surface area contributed by atoms with Crippen LogP contribution in [0.2, 0.25) is 0 Å². The molecule has 0 spiro atoms. The lowest BCUT2D eigenvalue weighted by molar-refractivity contribution is -0.144. The maximum Gasteiger partial charge on any atom is 0.307 e. The van der Waals surface area contributed by atoms with Crippen molar-refractivity contribution in [2.45, 2.75) is 26.4 Å². The highest BCUT2D eigenvalue weighted by Crippen LogP contribution is 2.15. The molecule has 0 saturated heterocycles. The van der Waals surface area contributed by atoms with Gasteiger partial charge in [-0.15, -0.1) is 0 Å². The van der Waals surface area contributed by atoms with E-state index in [0.717, 1.165) is 23.7 Å². The van der Waals surface area contributed by atoms with Gasteiger partial charge in [0.1, 0.15) is 12.4 Å². The van der Waals surface area contributed by atoms with Crippen molar-refractivity contribution in [2.24, 2.45) is 0 Å². The number of hydrogen-bond acceptors (Lipinski definition) is 4. The highest BCUT2D eigenvalue weighted by Gasteiger charge is 2.11. The van der Waals surface area contributed by atoms with Gasteiger partial charge in [-0.1, -0.05) is 37.3 Å². The molecule has 2 aromatic carbocycles. The Morgan fingerprint density at radius 1 is 1.17 bits per heavy atom. The Kier molecular flexibility index (Phi) is 6.73. The summed E-state index contributed by atoms with van der Waals surface area (Å²) in [4.78, 5) is 28.4. The molecule has 0 radical (unpaired) electrons. The van der Waals surface area contributed by atoms with Gasteiger partial charge >= 0.3 is 5.97 Å². The summed E-state index contributed by atoms with van der Waals surface area (Å²) in [5, 5.41) is 2.62. The third-order valence-electron chi connectivity index (χ3n) is 4.30. The molecule has 1 N–H and O–H groups in total. The molecule has 7 heteroatoms. The van der Waals surface area contributed by atoms with Crippen LogP contribution in [-0.2, 0) is 22.6 Å². The van der Waals surface area contributed by atoms with Crippen LogP contribution < -0.4 is 5.32 Å². The number of aromatic nitrogens is 2. The molecule has 1 aromatic heterocycles. The van der Waals surface area contributed by atoms with Crippen LogP contribution >= 0.6 is 0 Å².